The molecule has 0 atom stereocenters. The van der Waals surface area contributed by atoms with Crippen molar-refractivity contribution < 1.29 is 9.47 Å². The zero-order chi connectivity index (χ0) is 52.9. The SMILES string of the molecule is Cc1ccc(Oc2cc3c4c(c2)N(c2ccccc2)c2cc5c(cc2B4c2ccccc2N3c2ccccc2)B2c3ccccc3N(c3ccccc3)c3cc(Oc4ccc(C(C)(C)C)cc4)cc(c32)N5c2ccccc2)cc1. The zero-order valence-corrected chi connectivity index (χ0v) is 44.5. The number of anilines is 12. The maximum absolute atomic E-state index is 7.07. The molecule has 0 saturated heterocycles. The molecule has 79 heavy (non-hydrogen) atoms. The normalized spacial score (nSPS) is 13.4. The van der Waals surface area contributed by atoms with Crippen LogP contribution in [0.4, 0.5) is 68.2 Å². The molecule has 0 amide bonds. The van der Waals surface area contributed by atoms with E-state index in [1.807, 2.05) is 0 Å². The van der Waals surface area contributed by atoms with E-state index in [0.29, 0.717) is 0 Å². The van der Waals surface area contributed by atoms with Crippen LogP contribution in [0.2, 0.25) is 0 Å². The first kappa shape index (κ1) is 46.6. The molecule has 0 bridgehead atoms. The second-order valence-corrected chi connectivity index (χ2v) is 22.2. The van der Waals surface area contributed by atoms with Crippen molar-refractivity contribution in [1.29, 1.82) is 0 Å². The first-order valence-electron chi connectivity index (χ1n) is 27.4. The Morgan fingerprint density at radius 3 is 0.987 bits per heavy atom. The summed E-state index contributed by atoms with van der Waals surface area (Å²) < 4.78 is 14.0. The van der Waals surface area contributed by atoms with Crippen molar-refractivity contribution in [3.05, 3.63) is 266 Å². The highest BCUT2D eigenvalue weighted by atomic mass is 16.5. The van der Waals surface area contributed by atoms with Gasteiger partial charge < -0.3 is 29.1 Å². The molecule has 376 valence electrons. The van der Waals surface area contributed by atoms with Crippen LogP contribution in [-0.4, -0.2) is 13.4 Å². The van der Waals surface area contributed by atoms with Crippen LogP contribution in [0.5, 0.6) is 23.0 Å². The topological polar surface area (TPSA) is 31.4 Å². The molecule has 0 N–H and O–H groups in total. The number of ether oxygens (including phenoxy) is 2. The molecule has 0 aromatic heterocycles. The fraction of sp³-hybridized carbons (Fsp3) is 0.0704. The molecule has 6 nitrogen and oxygen atoms in total. The molecule has 0 spiro atoms. The Hall–Kier alpha value is -9.65. The van der Waals surface area contributed by atoms with Crippen molar-refractivity contribution in [2.24, 2.45) is 0 Å². The van der Waals surface area contributed by atoms with E-state index < -0.39 is 0 Å². The van der Waals surface area contributed by atoms with Crippen molar-refractivity contribution in [2.75, 3.05) is 19.6 Å². The smallest absolute Gasteiger partial charge is 0.252 e. The van der Waals surface area contributed by atoms with Crippen LogP contribution in [0.1, 0.15) is 31.9 Å². The molecule has 8 heteroatoms. The van der Waals surface area contributed by atoms with E-state index in [0.717, 1.165) is 91.2 Å². The predicted molar refractivity (Wildman–Crippen MR) is 331 cm³/mol. The number of fused-ring (bicyclic) bond motifs is 8. The van der Waals surface area contributed by atoms with Gasteiger partial charge in [0.1, 0.15) is 23.0 Å². The van der Waals surface area contributed by atoms with Crippen LogP contribution < -0.4 is 61.9 Å². The number of para-hydroxylation sites is 6. The van der Waals surface area contributed by atoms with E-state index in [9.17, 15) is 0 Å². The summed E-state index contributed by atoms with van der Waals surface area (Å²) in [6.45, 7) is 8.57. The fourth-order valence-electron chi connectivity index (χ4n) is 12.8. The van der Waals surface area contributed by atoms with E-state index in [2.05, 4.69) is 302 Å². The van der Waals surface area contributed by atoms with Gasteiger partial charge in [0.2, 0.25) is 0 Å². The number of rotatable bonds is 8. The average Bonchev–Trinajstić information content (AvgIpc) is 3.29. The molecule has 11 aromatic rings. The maximum atomic E-state index is 7.07. The van der Waals surface area contributed by atoms with E-state index in [1.165, 1.54) is 43.9 Å². The lowest BCUT2D eigenvalue weighted by Gasteiger charge is -2.47. The third-order valence-corrected chi connectivity index (χ3v) is 16.3. The van der Waals surface area contributed by atoms with Crippen LogP contribution in [0.15, 0.2) is 255 Å². The van der Waals surface area contributed by atoms with Gasteiger partial charge in [-0.05, 0) is 142 Å². The lowest BCUT2D eigenvalue weighted by atomic mass is 9.30. The Morgan fingerprint density at radius 2 is 0.620 bits per heavy atom. The molecule has 11 aromatic carbocycles. The first-order chi connectivity index (χ1) is 38.7. The van der Waals surface area contributed by atoms with E-state index >= 15 is 0 Å². The minimum atomic E-state index is -0.141. The molecule has 4 heterocycles. The minimum absolute atomic E-state index is 0.0106. The maximum Gasteiger partial charge on any atom is 0.252 e. The number of nitrogens with zero attached hydrogens (tertiary/aromatic N) is 4. The highest BCUT2D eigenvalue weighted by molar-refractivity contribution is 7.03. The Bertz CT molecular complexity index is 4150. The van der Waals surface area contributed by atoms with E-state index in [-0.39, 0.29) is 18.8 Å². The minimum Gasteiger partial charge on any atom is -0.457 e. The van der Waals surface area contributed by atoms with Gasteiger partial charge in [-0.25, -0.2) is 0 Å². The Labute approximate surface area is 463 Å². The van der Waals surface area contributed by atoms with E-state index in [1.54, 1.807) is 0 Å². The molecule has 0 saturated carbocycles. The van der Waals surface area contributed by atoms with Crippen LogP contribution in [0, 0.1) is 6.92 Å². The van der Waals surface area contributed by atoms with Crippen LogP contribution in [0.25, 0.3) is 0 Å². The monoisotopic (exact) mass is 1020 g/mol. The molecular weight excluding hydrogens is 962 g/mol. The van der Waals surface area contributed by atoms with Crippen molar-refractivity contribution in [3.63, 3.8) is 0 Å². The molecule has 0 unspecified atom stereocenters. The molecular formula is C71H54B2N4O2. The van der Waals surface area contributed by atoms with Gasteiger partial charge in [-0.15, -0.1) is 0 Å². The lowest BCUT2D eigenvalue weighted by Crippen LogP contribution is -2.65. The summed E-state index contributed by atoms with van der Waals surface area (Å²) in [4.78, 5) is 9.86. The van der Waals surface area contributed by atoms with Crippen LogP contribution >= 0.6 is 0 Å². The summed E-state index contributed by atoms with van der Waals surface area (Å²) in [5, 5.41) is 0. The van der Waals surface area contributed by atoms with Gasteiger partial charge in [0.15, 0.2) is 0 Å². The molecule has 4 aliphatic heterocycles. The largest absolute Gasteiger partial charge is 0.457 e. The molecule has 0 radical (unpaired) electrons. The Kier molecular flexibility index (Phi) is 10.8. The van der Waals surface area contributed by atoms with Gasteiger partial charge in [0.25, 0.3) is 13.4 Å². The highest BCUT2D eigenvalue weighted by Crippen LogP contribution is 2.51. The van der Waals surface area contributed by atoms with Gasteiger partial charge in [-0.1, -0.05) is 166 Å². The second kappa shape index (κ2) is 18.2. The number of aryl methyl sites for hydroxylation is 1. The number of benzene rings is 11. The summed E-state index contributed by atoms with van der Waals surface area (Å²) >= 11 is 0. The third-order valence-electron chi connectivity index (χ3n) is 16.3. The average molecular weight is 1020 g/mol. The standard InChI is InChI=1S/C71H54B2N4O2/c1-47-33-37-53(38-34-47)78-55-41-65-69-67(43-55)76(51-25-13-7-14-26-51)63-46-64-60(45-59(63)72(69)57-29-17-19-31-61(57)74(65)49-21-9-5-10-22-49)73-58-30-18-20-32-62(58)75(50-23-11-6-12-24-50)66-42-56(79-54-39-35-48(36-40-54)71(2,3)4)44-68(70(66)73)77(64)52-27-15-8-16-28-52/h5-46H,1-4H3. The van der Waals surface area contributed by atoms with Crippen molar-refractivity contribution >= 4 is 114 Å². The quantitative estimate of drug-likeness (QED) is 0.141. The second-order valence-electron chi connectivity index (χ2n) is 22.2. The van der Waals surface area contributed by atoms with Crippen LogP contribution in [0.3, 0.4) is 0 Å². The van der Waals surface area contributed by atoms with E-state index in [4.69, 9.17) is 9.47 Å². The first-order valence-corrected chi connectivity index (χ1v) is 27.4. The predicted octanol–water partition coefficient (Wildman–Crippen LogP) is 15.0. The summed E-state index contributed by atoms with van der Waals surface area (Å²) in [6, 6.07) is 92.4. The Balaban J connectivity index is 1.03. The number of hydrogen-bond donors (Lipinski definition) is 0. The highest BCUT2D eigenvalue weighted by Gasteiger charge is 2.48. The van der Waals surface area contributed by atoms with Crippen molar-refractivity contribution in [1.82, 2.24) is 0 Å². The molecule has 15 rings (SSSR count). The summed E-state index contributed by atoms with van der Waals surface area (Å²) in [5.41, 5.74) is 22.9. The summed E-state index contributed by atoms with van der Waals surface area (Å²) in [7, 11) is 0. The van der Waals surface area contributed by atoms with Crippen molar-refractivity contribution in [2.45, 2.75) is 33.1 Å². The third kappa shape index (κ3) is 7.65. The Morgan fingerprint density at radius 1 is 0.291 bits per heavy atom. The fourth-order valence-corrected chi connectivity index (χ4v) is 12.8. The van der Waals surface area contributed by atoms with Crippen LogP contribution in [-0.2, 0) is 5.41 Å². The summed E-state index contributed by atoms with van der Waals surface area (Å²) in [6.07, 6.45) is 0. The lowest BCUT2D eigenvalue weighted by molar-refractivity contribution is 0.481. The van der Waals surface area contributed by atoms with Gasteiger partial charge >= 0.3 is 0 Å². The van der Waals surface area contributed by atoms with Gasteiger partial charge in [-0.3, -0.25) is 0 Å². The molecule has 0 fully saturated rings. The molecule has 4 aliphatic rings. The molecule has 0 aliphatic carbocycles. The zero-order valence-electron chi connectivity index (χ0n) is 44.5. The number of hydrogen-bond acceptors (Lipinski definition) is 6. The van der Waals surface area contributed by atoms with Crippen molar-refractivity contribution in [3.8, 4) is 23.0 Å². The van der Waals surface area contributed by atoms with Gasteiger partial charge in [0, 0.05) is 92.5 Å². The van der Waals surface area contributed by atoms with Gasteiger partial charge in [0.05, 0.1) is 0 Å². The van der Waals surface area contributed by atoms with Gasteiger partial charge in [-0.2, -0.15) is 0 Å². The summed E-state index contributed by atoms with van der Waals surface area (Å²) in [5.74, 6) is 3.09.